The highest BCUT2D eigenvalue weighted by Crippen LogP contribution is 2.47. The van der Waals surface area contributed by atoms with E-state index in [1.807, 2.05) is 43.3 Å². The lowest BCUT2D eigenvalue weighted by molar-refractivity contribution is -0.138. The maximum absolute atomic E-state index is 11.1. The van der Waals surface area contributed by atoms with Crippen LogP contribution in [-0.4, -0.2) is 16.1 Å². The van der Waals surface area contributed by atoms with Crippen LogP contribution in [0.25, 0.3) is 11.1 Å². The maximum Gasteiger partial charge on any atom is 0.307 e. The van der Waals surface area contributed by atoms with Gasteiger partial charge >= 0.3 is 5.97 Å². The molecule has 1 heterocycles. The molecule has 3 N–H and O–H groups in total. The first-order chi connectivity index (χ1) is 13.5. The van der Waals surface area contributed by atoms with Gasteiger partial charge in [0.05, 0.1) is 5.92 Å². The second-order valence-corrected chi connectivity index (χ2v) is 7.23. The lowest BCUT2D eigenvalue weighted by Crippen LogP contribution is -2.00. The summed E-state index contributed by atoms with van der Waals surface area (Å²) in [6, 6.07) is 19.7. The second kappa shape index (κ2) is 7.44. The lowest BCUT2D eigenvalue weighted by atomic mass is 10.0. The molecule has 3 aromatic rings. The van der Waals surface area contributed by atoms with Crippen LogP contribution in [0.15, 0.2) is 60.7 Å². The van der Waals surface area contributed by atoms with Gasteiger partial charge in [-0.2, -0.15) is 0 Å². The Bertz CT molecular complexity index is 1030. The summed E-state index contributed by atoms with van der Waals surface area (Å²) in [4.78, 5) is 15.6. The highest BCUT2D eigenvalue weighted by atomic mass is 16.5. The molecule has 1 fully saturated rings. The topological polar surface area (TPSA) is 85.4 Å². The van der Waals surface area contributed by atoms with Gasteiger partial charge in [0.15, 0.2) is 0 Å². The van der Waals surface area contributed by atoms with Crippen LogP contribution in [-0.2, 0) is 11.3 Å². The van der Waals surface area contributed by atoms with Crippen molar-refractivity contribution in [1.82, 2.24) is 4.98 Å². The van der Waals surface area contributed by atoms with Gasteiger partial charge in [-0.3, -0.25) is 4.79 Å². The van der Waals surface area contributed by atoms with E-state index >= 15 is 0 Å². The van der Waals surface area contributed by atoms with E-state index in [1.165, 1.54) is 0 Å². The lowest BCUT2D eigenvalue weighted by Gasteiger charge is -2.11. The molecular formula is C23H22N2O3. The average molecular weight is 374 g/mol. The molecular weight excluding hydrogens is 352 g/mol. The van der Waals surface area contributed by atoms with Gasteiger partial charge < -0.3 is 15.6 Å². The summed E-state index contributed by atoms with van der Waals surface area (Å²) in [7, 11) is 0. The van der Waals surface area contributed by atoms with Crippen molar-refractivity contribution >= 4 is 5.97 Å². The van der Waals surface area contributed by atoms with Gasteiger partial charge in [-0.25, -0.2) is 4.98 Å². The average Bonchev–Trinajstić information content (AvgIpc) is 3.49. The molecule has 0 aliphatic heterocycles. The van der Waals surface area contributed by atoms with Crippen LogP contribution in [0.3, 0.4) is 0 Å². The largest absolute Gasteiger partial charge is 0.481 e. The summed E-state index contributed by atoms with van der Waals surface area (Å²) < 4.78 is 6.01. The number of benzene rings is 2. The molecule has 0 radical (unpaired) electrons. The predicted molar refractivity (Wildman–Crippen MR) is 107 cm³/mol. The summed E-state index contributed by atoms with van der Waals surface area (Å²) in [6.07, 6.45) is 0.637. The molecule has 28 heavy (non-hydrogen) atoms. The SMILES string of the molecule is Cc1cc(Oc2cccc([C@@H]3C[C@H]3C(=O)O)n2)cc(-c2cccc(CN)c2)c1. The predicted octanol–water partition coefficient (Wildman–Crippen LogP) is 4.50. The Labute approximate surface area is 163 Å². The molecule has 4 rings (SSSR count). The van der Waals surface area contributed by atoms with Crippen molar-refractivity contribution in [3.05, 3.63) is 77.5 Å². The number of aryl methyl sites for hydroxylation is 1. The van der Waals surface area contributed by atoms with E-state index in [4.69, 9.17) is 15.6 Å². The van der Waals surface area contributed by atoms with Crippen molar-refractivity contribution in [2.24, 2.45) is 11.7 Å². The third-order valence-electron chi connectivity index (χ3n) is 5.00. The third kappa shape index (κ3) is 3.89. The number of carboxylic acid groups (broad SMARTS) is 1. The Morgan fingerprint density at radius 2 is 1.96 bits per heavy atom. The maximum atomic E-state index is 11.1. The van der Waals surface area contributed by atoms with E-state index in [0.717, 1.165) is 27.9 Å². The van der Waals surface area contributed by atoms with Gasteiger partial charge in [-0.1, -0.05) is 30.3 Å². The fourth-order valence-electron chi connectivity index (χ4n) is 3.46. The van der Waals surface area contributed by atoms with Crippen LogP contribution in [0.1, 0.15) is 29.2 Å². The third-order valence-corrected chi connectivity index (χ3v) is 5.00. The van der Waals surface area contributed by atoms with E-state index in [0.29, 0.717) is 24.6 Å². The van der Waals surface area contributed by atoms with Crippen molar-refractivity contribution < 1.29 is 14.6 Å². The summed E-state index contributed by atoms with van der Waals surface area (Å²) >= 11 is 0. The molecule has 0 bridgehead atoms. The van der Waals surface area contributed by atoms with Crippen LogP contribution in [0.4, 0.5) is 0 Å². The summed E-state index contributed by atoms with van der Waals surface area (Å²) in [5, 5.41) is 9.13. The van der Waals surface area contributed by atoms with Gasteiger partial charge in [-0.15, -0.1) is 0 Å². The minimum absolute atomic E-state index is 0.0203. The van der Waals surface area contributed by atoms with E-state index < -0.39 is 5.97 Å². The van der Waals surface area contributed by atoms with E-state index in [9.17, 15) is 4.79 Å². The zero-order chi connectivity index (χ0) is 19.7. The quantitative estimate of drug-likeness (QED) is 0.664. The molecule has 5 nitrogen and oxygen atoms in total. The van der Waals surface area contributed by atoms with Gasteiger partial charge in [-0.05, 0) is 59.9 Å². The first kappa shape index (κ1) is 18.2. The second-order valence-electron chi connectivity index (χ2n) is 7.23. The number of carbonyl (C=O) groups is 1. The highest BCUT2D eigenvalue weighted by Gasteiger charge is 2.45. The molecule has 0 unspecified atom stereocenters. The van der Waals surface area contributed by atoms with E-state index in [2.05, 4.69) is 23.2 Å². The van der Waals surface area contributed by atoms with Crippen LogP contribution in [0.2, 0.25) is 0 Å². The Balaban J connectivity index is 1.59. The molecule has 1 aromatic heterocycles. The number of rotatable bonds is 6. The normalized spacial score (nSPS) is 17.9. The summed E-state index contributed by atoms with van der Waals surface area (Å²) in [5.74, 6) is 0.0570. The zero-order valence-electron chi connectivity index (χ0n) is 15.6. The first-order valence-corrected chi connectivity index (χ1v) is 9.32. The van der Waals surface area contributed by atoms with Crippen molar-refractivity contribution in [3.8, 4) is 22.8 Å². The molecule has 0 amide bonds. The molecule has 1 aliphatic rings. The smallest absolute Gasteiger partial charge is 0.307 e. The van der Waals surface area contributed by atoms with Crippen molar-refractivity contribution in [3.63, 3.8) is 0 Å². The molecule has 2 aromatic carbocycles. The Morgan fingerprint density at radius 3 is 2.71 bits per heavy atom. The monoisotopic (exact) mass is 374 g/mol. The molecule has 1 saturated carbocycles. The minimum atomic E-state index is -0.763. The molecule has 1 aliphatic carbocycles. The van der Waals surface area contributed by atoms with E-state index in [1.54, 1.807) is 6.07 Å². The Hall–Kier alpha value is -3.18. The molecule has 0 spiro atoms. The first-order valence-electron chi connectivity index (χ1n) is 9.32. The summed E-state index contributed by atoms with van der Waals surface area (Å²) in [6.45, 7) is 2.52. The standard InChI is InChI=1S/C23H22N2O3/c1-14-8-17(16-5-2-4-15(10-16)13-24)11-18(9-14)28-22-7-3-6-21(25-22)19-12-20(19)23(26)27/h2-11,19-20H,12-13,24H2,1H3,(H,26,27)/t19-,20-/m1/s1. The zero-order valence-corrected chi connectivity index (χ0v) is 15.6. The van der Waals surface area contributed by atoms with Crippen LogP contribution >= 0.6 is 0 Å². The number of pyridine rings is 1. The number of ether oxygens (including phenoxy) is 1. The summed E-state index contributed by atoms with van der Waals surface area (Å²) in [5.41, 5.74) is 10.8. The van der Waals surface area contributed by atoms with Gasteiger partial charge in [0.2, 0.25) is 5.88 Å². The number of hydrogen-bond donors (Lipinski definition) is 2. The number of hydrogen-bond acceptors (Lipinski definition) is 4. The van der Waals surface area contributed by atoms with Crippen LogP contribution < -0.4 is 10.5 Å². The number of nitrogens with zero attached hydrogens (tertiary/aromatic N) is 1. The fraction of sp³-hybridized carbons (Fsp3) is 0.217. The van der Waals surface area contributed by atoms with Gasteiger partial charge in [0.25, 0.3) is 0 Å². The van der Waals surface area contributed by atoms with Crippen molar-refractivity contribution in [2.45, 2.75) is 25.8 Å². The number of nitrogens with two attached hydrogens (primary N) is 1. The van der Waals surface area contributed by atoms with Crippen LogP contribution in [0, 0.1) is 12.8 Å². The minimum Gasteiger partial charge on any atom is -0.481 e. The van der Waals surface area contributed by atoms with Crippen molar-refractivity contribution in [1.29, 1.82) is 0 Å². The molecule has 2 atom stereocenters. The van der Waals surface area contributed by atoms with E-state index in [-0.39, 0.29) is 11.8 Å². The number of aromatic nitrogens is 1. The Morgan fingerprint density at radius 1 is 1.14 bits per heavy atom. The molecule has 5 heteroatoms. The number of aliphatic carboxylic acids is 1. The Kier molecular flexibility index (Phi) is 4.84. The highest BCUT2D eigenvalue weighted by molar-refractivity contribution is 5.75. The van der Waals surface area contributed by atoms with Crippen molar-refractivity contribution in [2.75, 3.05) is 0 Å². The van der Waals surface area contributed by atoms with Gasteiger partial charge in [0, 0.05) is 24.2 Å². The van der Waals surface area contributed by atoms with Gasteiger partial charge in [0.1, 0.15) is 5.75 Å². The number of carboxylic acids is 1. The van der Waals surface area contributed by atoms with Crippen LogP contribution in [0.5, 0.6) is 11.6 Å². The fourth-order valence-corrected chi connectivity index (χ4v) is 3.46. The molecule has 142 valence electrons. The molecule has 0 saturated heterocycles.